The van der Waals surface area contributed by atoms with Crippen LogP contribution in [-0.4, -0.2) is 17.0 Å². The smallest absolute Gasteiger partial charge is 0.349 e. The second kappa shape index (κ2) is 7.31. The van der Waals surface area contributed by atoms with Crippen molar-refractivity contribution in [1.29, 1.82) is 0 Å². The van der Waals surface area contributed by atoms with E-state index in [4.69, 9.17) is 9.26 Å². The van der Waals surface area contributed by atoms with Crippen LogP contribution in [0.5, 0.6) is 0 Å². The number of nitrogens with zero attached hydrogens (tertiary/aromatic N) is 1. The maximum atomic E-state index is 12.6. The fourth-order valence-electron chi connectivity index (χ4n) is 2.26. The Morgan fingerprint density at radius 2 is 1.96 bits per heavy atom. The largest absolute Gasteiger partial charge is 0.443 e. The number of ether oxygens (including phenoxy) is 1. The highest BCUT2D eigenvalue weighted by atomic mass is 32.1. The molecular weight excluding hydrogens is 340 g/mol. The fraction of sp³-hybridized carbons (Fsp3) is 0.167. The van der Waals surface area contributed by atoms with Gasteiger partial charge in [0.05, 0.1) is 0 Å². The number of rotatable bonds is 5. The van der Waals surface area contributed by atoms with Gasteiger partial charge in [0.2, 0.25) is 6.10 Å². The average Bonchev–Trinajstić information content (AvgIpc) is 3.21. The molecule has 128 valence electrons. The molecule has 0 aliphatic heterocycles. The summed E-state index contributed by atoms with van der Waals surface area (Å²) in [6.07, 6.45) is -1.09. The van der Waals surface area contributed by atoms with Crippen LogP contribution < -0.4 is 5.32 Å². The molecule has 0 fully saturated rings. The van der Waals surface area contributed by atoms with Gasteiger partial charge in [0.1, 0.15) is 10.6 Å². The summed E-state index contributed by atoms with van der Waals surface area (Å²) in [4.78, 5) is 25.6. The molecule has 0 saturated heterocycles. The highest BCUT2D eigenvalue weighted by Gasteiger charge is 2.27. The standard InChI is InChI=1S/C18H16N2O4S/c1-11-8-9-25-16(11)18(22)23-15(13-6-4-3-5-7-13)17(21)19-14-10-12(2)24-20-14/h3-10,15H,1-2H3,(H,19,20,21)/t15-/m1/s1. The summed E-state index contributed by atoms with van der Waals surface area (Å²) in [5, 5.41) is 8.15. The van der Waals surface area contributed by atoms with Crippen molar-refractivity contribution >= 4 is 29.0 Å². The zero-order valence-corrected chi connectivity index (χ0v) is 14.5. The second-order valence-corrected chi connectivity index (χ2v) is 6.36. The molecule has 0 saturated carbocycles. The molecule has 1 amide bonds. The quantitative estimate of drug-likeness (QED) is 0.702. The van der Waals surface area contributed by atoms with E-state index in [9.17, 15) is 9.59 Å². The van der Waals surface area contributed by atoms with Crippen molar-refractivity contribution in [3.8, 4) is 0 Å². The predicted molar refractivity (Wildman–Crippen MR) is 93.5 cm³/mol. The summed E-state index contributed by atoms with van der Waals surface area (Å²) in [5.74, 6) is -0.195. The summed E-state index contributed by atoms with van der Waals surface area (Å²) in [6.45, 7) is 3.54. The van der Waals surface area contributed by atoms with E-state index in [1.165, 1.54) is 11.3 Å². The molecule has 7 heteroatoms. The molecule has 0 aliphatic carbocycles. The van der Waals surface area contributed by atoms with Crippen LogP contribution in [0.15, 0.2) is 52.4 Å². The molecule has 3 aromatic rings. The van der Waals surface area contributed by atoms with E-state index in [0.717, 1.165) is 5.56 Å². The van der Waals surface area contributed by atoms with E-state index in [-0.39, 0.29) is 5.82 Å². The Hall–Kier alpha value is -2.93. The van der Waals surface area contributed by atoms with Crippen LogP contribution >= 0.6 is 11.3 Å². The van der Waals surface area contributed by atoms with Crippen molar-refractivity contribution in [3.05, 3.63) is 69.6 Å². The first-order chi connectivity index (χ1) is 12.0. The van der Waals surface area contributed by atoms with Gasteiger partial charge in [-0.05, 0) is 30.9 Å². The number of thiophene rings is 1. The Balaban J connectivity index is 1.83. The van der Waals surface area contributed by atoms with Crippen molar-refractivity contribution in [2.24, 2.45) is 0 Å². The van der Waals surface area contributed by atoms with Gasteiger partial charge in [-0.1, -0.05) is 35.5 Å². The summed E-state index contributed by atoms with van der Waals surface area (Å²) >= 11 is 1.28. The maximum Gasteiger partial charge on any atom is 0.349 e. The lowest BCUT2D eigenvalue weighted by Crippen LogP contribution is -2.26. The summed E-state index contributed by atoms with van der Waals surface area (Å²) < 4.78 is 10.4. The lowest BCUT2D eigenvalue weighted by Gasteiger charge is -2.17. The molecule has 0 spiro atoms. The number of nitrogens with one attached hydrogen (secondary N) is 1. The third-order valence-electron chi connectivity index (χ3n) is 3.49. The Kier molecular flexibility index (Phi) is 4.95. The van der Waals surface area contributed by atoms with Crippen LogP contribution in [0.2, 0.25) is 0 Å². The maximum absolute atomic E-state index is 12.6. The molecule has 0 bridgehead atoms. The first kappa shape index (κ1) is 16.9. The van der Waals surface area contributed by atoms with Gasteiger partial charge in [0.15, 0.2) is 5.82 Å². The monoisotopic (exact) mass is 356 g/mol. The molecule has 1 aromatic carbocycles. The lowest BCUT2D eigenvalue weighted by atomic mass is 10.1. The van der Waals surface area contributed by atoms with Gasteiger partial charge in [-0.2, -0.15) is 0 Å². The number of benzene rings is 1. The van der Waals surface area contributed by atoms with Crippen LogP contribution in [0.3, 0.4) is 0 Å². The number of esters is 1. The zero-order chi connectivity index (χ0) is 17.8. The molecule has 1 N–H and O–H groups in total. The first-order valence-electron chi connectivity index (χ1n) is 7.59. The zero-order valence-electron chi connectivity index (χ0n) is 13.7. The summed E-state index contributed by atoms with van der Waals surface area (Å²) in [6, 6.07) is 12.3. The molecule has 3 rings (SSSR count). The Bertz CT molecular complexity index is 885. The average molecular weight is 356 g/mol. The van der Waals surface area contributed by atoms with Crippen molar-refractivity contribution in [3.63, 3.8) is 0 Å². The predicted octanol–water partition coefficient (Wildman–Crippen LogP) is 3.89. The molecular formula is C18H16N2O4S. The number of carbonyl (C=O) groups excluding carboxylic acids is 2. The van der Waals surface area contributed by atoms with Crippen molar-refractivity contribution < 1.29 is 18.8 Å². The lowest BCUT2D eigenvalue weighted by molar-refractivity contribution is -0.125. The van der Waals surface area contributed by atoms with Gasteiger partial charge >= 0.3 is 5.97 Å². The van der Waals surface area contributed by atoms with Crippen LogP contribution in [0.1, 0.15) is 32.7 Å². The number of hydrogen-bond donors (Lipinski definition) is 1. The summed E-state index contributed by atoms with van der Waals surface area (Å²) in [5.41, 5.74) is 1.39. The Labute approximate surface area is 148 Å². The molecule has 0 aliphatic rings. The minimum Gasteiger partial charge on any atom is -0.443 e. The van der Waals surface area contributed by atoms with Crippen LogP contribution in [-0.2, 0) is 9.53 Å². The highest BCUT2D eigenvalue weighted by molar-refractivity contribution is 7.12. The van der Waals surface area contributed by atoms with Gasteiger partial charge in [-0.3, -0.25) is 4.79 Å². The van der Waals surface area contributed by atoms with E-state index in [0.29, 0.717) is 16.2 Å². The number of anilines is 1. The molecule has 2 heterocycles. The van der Waals surface area contributed by atoms with E-state index >= 15 is 0 Å². The first-order valence-corrected chi connectivity index (χ1v) is 8.47. The van der Waals surface area contributed by atoms with Gasteiger partial charge in [0, 0.05) is 11.6 Å². The minimum absolute atomic E-state index is 0.270. The topological polar surface area (TPSA) is 81.4 Å². The van der Waals surface area contributed by atoms with Crippen LogP contribution in [0.4, 0.5) is 5.82 Å². The van der Waals surface area contributed by atoms with Crippen molar-refractivity contribution in [2.75, 3.05) is 5.32 Å². The fourth-order valence-corrected chi connectivity index (χ4v) is 3.07. The van der Waals surface area contributed by atoms with Gasteiger partial charge in [-0.25, -0.2) is 4.79 Å². The molecule has 0 radical (unpaired) electrons. The number of hydrogen-bond acceptors (Lipinski definition) is 6. The molecule has 1 atom stereocenters. The van der Waals surface area contributed by atoms with E-state index < -0.39 is 18.0 Å². The normalized spacial score (nSPS) is 11.8. The molecule has 25 heavy (non-hydrogen) atoms. The Morgan fingerprint density at radius 1 is 1.20 bits per heavy atom. The number of carbonyl (C=O) groups is 2. The number of amides is 1. The summed E-state index contributed by atoms with van der Waals surface area (Å²) in [7, 11) is 0. The van der Waals surface area contributed by atoms with Gasteiger partial charge < -0.3 is 14.6 Å². The van der Waals surface area contributed by atoms with E-state index in [1.54, 1.807) is 37.3 Å². The van der Waals surface area contributed by atoms with Crippen LogP contribution in [0, 0.1) is 13.8 Å². The van der Waals surface area contributed by atoms with Gasteiger partial charge in [0.25, 0.3) is 5.91 Å². The van der Waals surface area contributed by atoms with E-state index in [2.05, 4.69) is 10.5 Å². The molecule has 2 aromatic heterocycles. The number of aromatic nitrogens is 1. The molecule has 6 nitrogen and oxygen atoms in total. The minimum atomic E-state index is -1.09. The number of aryl methyl sites for hydroxylation is 2. The van der Waals surface area contributed by atoms with Crippen LogP contribution in [0.25, 0.3) is 0 Å². The third-order valence-corrected chi connectivity index (χ3v) is 4.49. The Morgan fingerprint density at radius 3 is 2.56 bits per heavy atom. The van der Waals surface area contributed by atoms with Crippen molar-refractivity contribution in [1.82, 2.24) is 5.16 Å². The van der Waals surface area contributed by atoms with Gasteiger partial charge in [-0.15, -0.1) is 11.3 Å². The van der Waals surface area contributed by atoms with E-state index in [1.807, 2.05) is 24.4 Å². The third kappa shape index (κ3) is 3.95. The SMILES string of the molecule is Cc1cc(NC(=O)[C@H](OC(=O)c2sccc2C)c2ccccc2)no1. The second-order valence-electron chi connectivity index (χ2n) is 5.44. The molecule has 0 unspecified atom stereocenters. The van der Waals surface area contributed by atoms with Crippen molar-refractivity contribution in [2.45, 2.75) is 20.0 Å². The highest BCUT2D eigenvalue weighted by Crippen LogP contribution is 2.24.